The van der Waals surface area contributed by atoms with Crippen molar-refractivity contribution < 1.29 is 19.4 Å². The van der Waals surface area contributed by atoms with E-state index in [1.807, 2.05) is 20.0 Å². The van der Waals surface area contributed by atoms with Crippen molar-refractivity contribution in [2.75, 3.05) is 59.2 Å². The lowest BCUT2D eigenvalue weighted by Crippen LogP contribution is -2.42. The summed E-state index contributed by atoms with van der Waals surface area (Å²) in [4.78, 5) is 17.7. The molecule has 1 aromatic heterocycles. The summed E-state index contributed by atoms with van der Waals surface area (Å²) in [6.07, 6.45) is 3.39. The number of aromatic nitrogens is 1. The lowest BCUT2D eigenvalue weighted by atomic mass is 10.0. The summed E-state index contributed by atoms with van der Waals surface area (Å²) >= 11 is 0. The van der Waals surface area contributed by atoms with Gasteiger partial charge in [-0.1, -0.05) is 0 Å². The molecule has 0 bridgehead atoms. The number of aryl methyl sites for hydroxylation is 1. The van der Waals surface area contributed by atoms with E-state index in [-0.39, 0.29) is 12.6 Å². The molecule has 3 N–H and O–H groups in total. The molecule has 1 atom stereocenters. The predicted molar refractivity (Wildman–Crippen MR) is 101 cm³/mol. The van der Waals surface area contributed by atoms with Gasteiger partial charge < -0.3 is 24.9 Å². The zero-order valence-electron chi connectivity index (χ0n) is 16.1. The fourth-order valence-corrected chi connectivity index (χ4v) is 3.37. The van der Waals surface area contributed by atoms with Crippen LogP contribution in [0.4, 0.5) is 0 Å². The van der Waals surface area contributed by atoms with E-state index in [0.29, 0.717) is 18.1 Å². The molecule has 0 aromatic carbocycles. The van der Waals surface area contributed by atoms with E-state index in [0.717, 1.165) is 70.0 Å². The Kier molecular flexibility index (Phi) is 9.11. The number of H-pyrrole nitrogens is 1. The highest BCUT2D eigenvalue weighted by atomic mass is 16.5. The van der Waals surface area contributed by atoms with Crippen molar-refractivity contribution in [2.24, 2.45) is 5.92 Å². The van der Waals surface area contributed by atoms with Gasteiger partial charge in [0.25, 0.3) is 0 Å². The van der Waals surface area contributed by atoms with Crippen molar-refractivity contribution in [1.29, 1.82) is 0 Å². The Balaban J connectivity index is 1.78. The predicted octanol–water partition coefficient (Wildman–Crippen LogP) is 0.963. The molecule has 1 fully saturated rings. The molecule has 2 rings (SSSR count). The van der Waals surface area contributed by atoms with Gasteiger partial charge in [-0.05, 0) is 38.3 Å². The summed E-state index contributed by atoms with van der Waals surface area (Å²) in [6, 6.07) is 0. The molecule has 7 nitrogen and oxygen atoms in total. The van der Waals surface area contributed by atoms with E-state index in [2.05, 4.69) is 15.2 Å². The number of carbonyl (C=O) groups excluding carboxylic acids is 1. The molecular formula is C19H33N3O4. The molecule has 2 heterocycles. The molecule has 1 aromatic rings. The van der Waals surface area contributed by atoms with Crippen LogP contribution >= 0.6 is 0 Å². The molecule has 0 radical (unpaired) electrons. The third-order valence-corrected chi connectivity index (χ3v) is 4.78. The van der Waals surface area contributed by atoms with Gasteiger partial charge in [0.2, 0.25) is 0 Å². The van der Waals surface area contributed by atoms with E-state index >= 15 is 0 Å². The highest BCUT2D eigenvalue weighted by Crippen LogP contribution is 2.15. The minimum Gasteiger partial charge on any atom is -0.462 e. The van der Waals surface area contributed by atoms with Crippen LogP contribution in [-0.2, 0) is 15.9 Å². The third kappa shape index (κ3) is 6.39. The zero-order valence-corrected chi connectivity index (χ0v) is 16.1. The van der Waals surface area contributed by atoms with Gasteiger partial charge in [-0.2, -0.15) is 0 Å². The van der Waals surface area contributed by atoms with Gasteiger partial charge in [-0.3, -0.25) is 4.90 Å². The molecule has 7 heteroatoms. The van der Waals surface area contributed by atoms with Crippen molar-refractivity contribution in [3.05, 3.63) is 23.0 Å². The van der Waals surface area contributed by atoms with Gasteiger partial charge in [-0.15, -0.1) is 0 Å². The summed E-state index contributed by atoms with van der Waals surface area (Å²) in [5.41, 5.74) is 2.50. The first-order valence-electron chi connectivity index (χ1n) is 9.61. The van der Waals surface area contributed by atoms with Gasteiger partial charge in [0.1, 0.15) is 0 Å². The van der Waals surface area contributed by atoms with Crippen LogP contribution in [0.3, 0.4) is 0 Å². The lowest BCUT2D eigenvalue weighted by Gasteiger charge is -2.30. The molecule has 1 aliphatic heterocycles. The molecule has 1 saturated heterocycles. The summed E-state index contributed by atoms with van der Waals surface area (Å²) in [6.45, 7) is 10.4. The SMILES string of the molecule is CCOC(=O)c1c(C)c[nH]c1CCNCC(CCO)CN1CCOCC1. The van der Waals surface area contributed by atoms with Crippen molar-refractivity contribution in [2.45, 2.75) is 26.7 Å². The maximum atomic E-state index is 12.1. The average Bonchev–Trinajstić information content (AvgIpc) is 3.00. The topological polar surface area (TPSA) is 86.8 Å². The van der Waals surface area contributed by atoms with Crippen LogP contribution in [0.15, 0.2) is 6.20 Å². The van der Waals surface area contributed by atoms with Crippen LogP contribution in [0.2, 0.25) is 0 Å². The first kappa shape index (κ1) is 20.9. The molecule has 1 aliphatic rings. The lowest BCUT2D eigenvalue weighted by molar-refractivity contribution is 0.0288. The summed E-state index contributed by atoms with van der Waals surface area (Å²) in [7, 11) is 0. The number of esters is 1. The van der Waals surface area contributed by atoms with Crippen molar-refractivity contribution in [3.63, 3.8) is 0 Å². The van der Waals surface area contributed by atoms with Crippen LogP contribution in [0, 0.1) is 12.8 Å². The number of nitrogens with zero attached hydrogens (tertiary/aromatic N) is 1. The largest absolute Gasteiger partial charge is 0.462 e. The Hall–Kier alpha value is -1.41. The number of aliphatic hydroxyl groups is 1. The second kappa shape index (κ2) is 11.3. The van der Waals surface area contributed by atoms with Crippen LogP contribution < -0.4 is 5.32 Å². The number of carbonyl (C=O) groups is 1. The van der Waals surface area contributed by atoms with E-state index in [9.17, 15) is 9.90 Å². The zero-order chi connectivity index (χ0) is 18.8. The number of hydrogen-bond donors (Lipinski definition) is 3. The van der Waals surface area contributed by atoms with Gasteiger partial charge in [0.05, 0.1) is 25.4 Å². The first-order valence-corrected chi connectivity index (χ1v) is 9.61. The van der Waals surface area contributed by atoms with Crippen molar-refractivity contribution in [3.8, 4) is 0 Å². The standard InChI is InChI=1S/C19H33N3O4/c1-3-26-19(24)18-15(2)12-21-17(18)4-6-20-13-16(5-9-23)14-22-7-10-25-11-8-22/h12,16,20-21,23H,3-11,13-14H2,1-2H3. The second-order valence-electron chi connectivity index (χ2n) is 6.79. The monoisotopic (exact) mass is 367 g/mol. The van der Waals surface area contributed by atoms with Crippen molar-refractivity contribution in [1.82, 2.24) is 15.2 Å². The number of ether oxygens (including phenoxy) is 2. The maximum absolute atomic E-state index is 12.1. The van der Waals surface area contributed by atoms with E-state index in [1.54, 1.807) is 0 Å². The number of aliphatic hydroxyl groups excluding tert-OH is 1. The van der Waals surface area contributed by atoms with E-state index < -0.39 is 0 Å². The Morgan fingerprint density at radius 2 is 2.23 bits per heavy atom. The van der Waals surface area contributed by atoms with Gasteiger partial charge in [0, 0.05) is 51.1 Å². The molecular weight excluding hydrogens is 334 g/mol. The minimum absolute atomic E-state index is 0.208. The van der Waals surface area contributed by atoms with Gasteiger partial charge in [-0.25, -0.2) is 4.79 Å². The summed E-state index contributed by atoms with van der Waals surface area (Å²) < 4.78 is 10.5. The Morgan fingerprint density at radius 1 is 1.46 bits per heavy atom. The van der Waals surface area contributed by atoms with Gasteiger partial charge >= 0.3 is 5.97 Å². The van der Waals surface area contributed by atoms with Crippen LogP contribution in [0.25, 0.3) is 0 Å². The Morgan fingerprint density at radius 3 is 2.92 bits per heavy atom. The molecule has 1 unspecified atom stereocenters. The highest BCUT2D eigenvalue weighted by Gasteiger charge is 2.18. The fraction of sp³-hybridized carbons (Fsp3) is 0.737. The quantitative estimate of drug-likeness (QED) is 0.399. The smallest absolute Gasteiger partial charge is 0.340 e. The summed E-state index contributed by atoms with van der Waals surface area (Å²) in [5.74, 6) is 0.153. The molecule has 148 valence electrons. The van der Waals surface area contributed by atoms with Crippen LogP contribution in [0.5, 0.6) is 0 Å². The fourth-order valence-electron chi connectivity index (χ4n) is 3.37. The van der Waals surface area contributed by atoms with Gasteiger partial charge in [0.15, 0.2) is 0 Å². The minimum atomic E-state index is -0.258. The summed E-state index contributed by atoms with van der Waals surface area (Å²) in [5, 5.41) is 12.8. The molecule has 0 amide bonds. The number of hydrogen-bond acceptors (Lipinski definition) is 6. The number of morpholine rings is 1. The normalized spacial score (nSPS) is 16.6. The number of nitrogens with one attached hydrogen (secondary N) is 2. The van der Waals surface area contributed by atoms with Crippen molar-refractivity contribution >= 4 is 5.97 Å². The molecule has 0 saturated carbocycles. The average molecular weight is 367 g/mol. The Bertz CT molecular complexity index is 541. The Labute approximate surface area is 156 Å². The maximum Gasteiger partial charge on any atom is 0.340 e. The highest BCUT2D eigenvalue weighted by molar-refractivity contribution is 5.92. The first-order chi connectivity index (χ1) is 12.7. The van der Waals surface area contributed by atoms with Crippen LogP contribution in [-0.4, -0.2) is 80.1 Å². The third-order valence-electron chi connectivity index (χ3n) is 4.78. The number of aromatic amines is 1. The second-order valence-corrected chi connectivity index (χ2v) is 6.79. The molecule has 0 aliphatic carbocycles. The molecule has 0 spiro atoms. The van der Waals surface area contributed by atoms with E-state index in [1.165, 1.54) is 0 Å². The van der Waals surface area contributed by atoms with E-state index in [4.69, 9.17) is 9.47 Å². The molecule has 26 heavy (non-hydrogen) atoms. The number of rotatable bonds is 11. The van der Waals surface area contributed by atoms with Crippen LogP contribution in [0.1, 0.15) is 35.0 Å².